The molecule has 17 heavy (non-hydrogen) atoms. The molecule has 2 N–H and O–H groups in total. The first kappa shape index (κ1) is 12.0. The molecule has 94 valence electrons. The molecule has 1 aliphatic rings. The van der Waals surface area contributed by atoms with Crippen LogP contribution in [-0.4, -0.2) is 40.8 Å². The Balaban J connectivity index is 1.91. The third-order valence-electron chi connectivity index (χ3n) is 2.87. The van der Waals surface area contributed by atoms with Gasteiger partial charge in [-0.15, -0.1) is 5.10 Å². The largest absolute Gasteiger partial charge is 0.460 e. The number of ether oxygens (including phenoxy) is 1. The van der Waals surface area contributed by atoms with Gasteiger partial charge >= 0.3 is 5.97 Å². The Kier molecular flexibility index (Phi) is 4.08. The number of aromatic amines is 1. The first-order chi connectivity index (χ1) is 8.29. The average Bonchev–Trinajstić information content (AvgIpc) is 2.79. The van der Waals surface area contributed by atoms with Crippen molar-refractivity contribution in [1.82, 2.24) is 20.5 Å². The van der Waals surface area contributed by atoms with E-state index in [0.29, 0.717) is 12.5 Å². The quantitative estimate of drug-likeness (QED) is 0.748. The molecule has 6 heteroatoms. The topological polar surface area (TPSA) is 79.9 Å². The molecule has 1 aromatic heterocycles. The zero-order valence-electron chi connectivity index (χ0n) is 10.0. The van der Waals surface area contributed by atoms with Crippen LogP contribution in [0, 0.1) is 5.92 Å². The molecule has 2 heterocycles. The molecular weight excluding hydrogens is 220 g/mol. The van der Waals surface area contributed by atoms with Gasteiger partial charge in [0, 0.05) is 6.42 Å². The van der Waals surface area contributed by atoms with Gasteiger partial charge < -0.3 is 10.1 Å². The van der Waals surface area contributed by atoms with Gasteiger partial charge in [0.05, 0.1) is 6.61 Å². The van der Waals surface area contributed by atoms with Gasteiger partial charge in [0.25, 0.3) is 5.82 Å². The highest BCUT2D eigenvalue weighted by Gasteiger charge is 2.18. The number of carbonyl (C=O) groups excluding carboxylic acids is 1. The van der Waals surface area contributed by atoms with E-state index in [0.717, 1.165) is 25.3 Å². The first-order valence-electron chi connectivity index (χ1n) is 6.08. The molecule has 2 rings (SSSR count). The van der Waals surface area contributed by atoms with Crippen LogP contribution in [0.2, 0.25) is 0 Å². The van der Waals surface area contributed by atoms with Crippen molar-refractivity contribution in [2.24, 2.45) is 5.92 Å². The number of hydrogen-bond donors (Lipinski definition) is 2. The summed E-state index contributed by atoms with van der Waals surface area (Å²) in [6, 6.07) is 0. The van der Waals surface area contributed by atoms with Gasteiger partial charge in [0.2, 0.25) is 0 Å². The second-order valence-corrected chi connectivity index (χ2v) is 4.24. The summed E-state index contributed by atoms with van der Waals surface area (Å²) in [6.07, 6.45) is 3.23. The predicted octanol–water partition coefficient (Wildman–Crippen LogP) is 0.523. The van der Waals surface area contributed by atoms with Crippen molar-refractivity contribution >= 4 is 5.97 Å². The summed E-state index contributed by atoms with van der Waals surface area (Å²) in [7, 11) is 0. The molecule has 0 bridgehead atoms. The van der Waals surface area contributed by atoms with E-state index in [4.69, 9.17) is 4.74 Å². The van der Waals surface area contributed by atoms with Gasteiger partial charge in [0.15, 0.2) is 0 Å². The minimum Gasteiger partial charge on any atom is -0.460 e. The van der Waals surface area contributed by atoms with Crippen molar-refractivity contribution in [3.63, 3.8) is 0 Å². The van der Waals surface area contributed by atoms with Crippen LogP contribution in [-0.2, 0) is 11.2 Å². The molecule has 1 saturated heterocycles. The van der Waals surface area contributed by atoms with E-state index in [-0.39, 0.29) is 5.82 Å². The normalized spacial score (nSPS) is 20.2. The van der Waals surface area contributed by atoms with E-state index in [9.17, 15) is 4.79 Å². The maximum atomic E-state index is 11.4. The van der Waals surface area contributed by atoms with Gasteiger partial charge in [-0.2, -0.15) is 0 Å². The minimum absolute atomic E-state index is 0.130. The van der Waals surface area contributed by atoms with Crippen LogP contribution < -0.4 is 5.32 Å². The summed E-state index contributed by atoms with van der Waals surface area (Å²) in [5.74, 6) is 1.01. The second-order valence-electron chi connectivity index (χ2n) is 4.24. The molecule has 0 amide bonds. The Morgan fingerprint density at radius 2 is 2.47 bits per heavy atom. The van der Waals surface area contributed by atoms with E-state index < -0.39 is 5.97 Å². The number of piperidine rings is 1. The molecule has 6 nitrogen and oxygen atoms in total. The smallest absolute Gasteiger partial charge is 0.378 e. The third-order valence-corrected chi connectivity index (χ3v) is 2.87. The summed E-state index contributed by atoms with van der Waals surface area (Å²) < 4.78 is 4.83. The van der Waals surface area contributed by atoms with Crippen LogP contribution in [0.5, 0.6) is 0 Å². The third kappa shape index (κ3) is 3.26. The van der Waals surface area contributed by atoms with Gasteiger partial charge in [-0.1, -0.05) is 0 Å². The number of aromatic nitrogens is 3. The van der Waals surface area contributed by atoms with Crippen LogP contribution in [0.4, 0.5) is 0 Å². The summed E-state index contributed by atoms with van der Waals surface area (Å²) in [6.45, 7) is 4.21. The number of hydrogen-bond acceptors (Lipinski definition) is 5. The van der Waals surface area contributed by atoms with E-state index in [2.05, 4.69) is 20.5 Å². The maximum Gasteiger partial charge on any atom is 0.378 e. The minimum atomic E-state index is -0.461. The van der Waals surface area contributed by atoms with E-state index in [1.54, 1.807) is 6.92 Å². The van der Waals surface area contributed by atoms with Crippen molar-refractivity contribution in [1.29, 1.82) is 0 Å². The van der Waals surface area contributed by atoms with Gasteiger partial charge in [-0.25, -0.2) is 9.78 Å². The molecule has 0 radical (unpaired) electrons. The van der Waals surface area contributed by atoms with Crippen molar-refractivity contribution < 1.29 is 9.53 Å². The molecule has 1 atom stereocenters. The fraction of sp³-hybridized carbons (Fsp3) is 0.727. The van der Waals surface area contributed by atoms with Crippen LogP contribution in [0.3, 0.4) is 0 Å². The fourth-order valence-electron chi connectivity index (χ4n) is 2.05. The van der Waals surface area contributed by atoms with Crippen molar-refractivity contribution in [3.05, 3.63) is 11.6 Å². The second kappa shape index (κ2) is 5.77. The Morgan fingerprint density at radius 3 is 3.18 bits per heavy atom. The van der Waals surface area contributed by atoms with Gasteiger partial charge in [-0.05, 0) is 38.8 Å². The number of H-pyrrole nitrogens is 1. The number of esters is 1. The lowest BCUT2D eigenvalue weighted by atomic mass is 9.96. The number of nitrogens with one attached hydrogen (secondary N) is 2. The Hall–Kier alpha value is -1.43. The highest BCUT2D eigenvalue weighted by molar-refractivity contribution is 5.84. The zero-order valence-corrected chi connectivity index (χ0v) is 10.0. The van der Waals surface area contributed by atoms with Crippen molar-refractivity contribution in [2.45, 2.75) is 26.2 Å². The van der Waals surface area contributed by atoms with E-state index in [1.807, 2.05) is 0 Å². The van der Waals surface area contributed by atoms with E-state index >= 15 is 0 Å². The highest BCUT2D eigenvalue weighted by Crippen LogP contribution is 2.14. The number of carbonyl (C=O) groups is 1. The molecule has 0 aliphatic carbocycles. The van der Waals surface area contributed by atoms with Crippen LogP contribution in [0.15, 0.2) is 0 Å². The molecule has 0 aromatic carbocycles. The summed E-state index contributed by atoms with van der Waals surface area (Å²) in [5, 5.41) is 10.0. The lowest BCUT2D eigenvalue weighted by Crippen LogP contribution is -2.31. The lowest BCUT2D eigenvalue weighted by Gasteiger charge is -2.21. The Labute approximate surface area is 100 Å². The molecule has 1 aliphatic heterocycles. The lowest BCUT2D eigenvalue weighted by molar-refractivity contribution is 0.0512. The SMILES string of the molecule is CCOC(=O)c1n[nH]c(CC2CCCNC2)n1. The molecule has 1 unspecified atom stereocenters. The molecule has 0 spiro atoms. The highest BCUT2D eigenvalue weighted by atomic mass is 16.5. The first-order valence-corrected chi connectivity index (χ1v) is 6.08. The molecule has 1 fully saturated rings. The van der Waals surface area contributed by atoms with Gasteiger partial charge in [0.1, 0.15) is 5.82 Å². The van der Waals surface area contributed by atoms with E-state index in [1.165, 1.54) is 12.8 Å². The van der Waals surface area contributed by atoms with Crippen LogP contribution in [0.25, 0.3) is 0 Å². The number of rotatable bonds is 4. The van der Waals surface area contributed by atoms with Crippen LogP contribution >= 0.6 is 0 Å². The summed E-state index contributed by atoms with van der Waals surface area (Å²) in [5.41, 5.74) is 0. The van der Waals surface area contributed by atoms with Crippen molar-refractivity contribution in [2.75, 3.05) is 19.7 Å². The maximum absolute atomic E-state index is 11.4. The molecular formula is C11H18N4O2. The monoisotopic (exact) mass is 238 g/mol. The van der Waals surface area contributed by atoms with Crippen LogP contribution in [0.1, 0.15) is 36.2 Å². The Morgan fingerprint density at radius 1 is 1.59 bits per heavy atom. The Bertz CT molecular complexity index is 371. The standard InChI is InChI=1S/C11H18N4O2/c1-2-17-11(16)10-13-9(14-15-10)6-8-4-3-5-12-7-8/h8,12H,2-7H2,1H3,(H,13,14,15). The van der Waals surface area contributed by atoms with Crippen molar-refractivity contribution in [3.8, 4) is 0 Å². The summed E-state index contributed by atoms with van der Waals surface area (Å²) in [4.78, 5) is 15.5. The predicted molar refractivity (Wildman–Crippen MR) is 61.6 cm³/mol. The zero-order chi connectivity index (χ0) is 12.1. The summed E-state index contributed by atoms with van der Waals surface area (Å²) >= 11 is 0. The average molecular weight is 238 g/mol. The molecule has 1 aromatic rings. The fourth-order valence-corrected chi connectivity index (χ4v) is 2.05. The van der Waals surface area contributed by atoms with Gasteiger partial charge in [-0.3, -0.25) is 5.10 Å². The molecule has 0 saturated carbocycles. The number of nitrogens with zero attached hydrogens (tertiary/aromatic N) is 2.